The van der Waals surface area contributed by atoms with Crippen LogP contribution < -0.4 is 4.74 Å². The summed E-state index contributed by atoms with van der Waals surface area (Å²) in [7, 11) is 0. The molecular formula is C29H33N5O3. The summed E-state index contributed by atoms with van der Waals surface area (Å²) < 4.78 is 7.36. The molecule has 0 saturated carbocycles. The smallest absolute Gasteiger partial charge is 0.246 e. The number of para-hydroxylation sites is 1. The van der Waals surface area contributed by atoms with Crippen LogP contribution in [0, 0.1) is 5.41 Å². The highest BCUT2D eigenvalue weighted by atomic mass is 16.5. The van der Waals surface area contributed by atoms with Crippen molar-refractivity contribution in [1.29, 1.82) is 0 Å². The first-order valence-electron chi connectivity index (χ1n) is 13.0. The maximum atomic E-state index is 13.0. The Bertz CT molecular complexity index is 1260. The zero-order chi connectivity index (χ0) is 25.7. The Labute approximate surface area is 217 Å². The summed E-state index contributed by atoms with van der Waals surface area (Å²) >= 11 is 0. The molecule has 0 unspecified atom stereocenters. The van der Waals surface area contributed by atoms with Gasteiger partial charge in [-0.3, -0.25) is 19.3 Å². The van der Waals surface area contributed by atoms with Gasteiger partial charge in [-0.1, -0.05) is 18.2 Å². The van der Waals surface area contributed by atoms with Gasteiger partial charge in [0.15, 0.2) is 0 Å². The number of likely N-dealkylation sites (tertiary alicyclic amines) is 2. The summed E-state index contributed by atoms with van der Waals surface area (Å²) in [5.74, 6) is 0.900. The first kappa shape index (κ1) is 24.7. The molecule has 0 radical (unpaired) electrons. The van der Waals surface area contributed by atoms with Crippen molar-refractivity contribution < 1.29 is 14.3 Å². The van der Waals surface area contributed by atoms with Gasteiger partial charge in [0.25, 0.3) is 0 Å². The van der Waals surface area contributed by atoms with Crippen molar-refractivity contribution in [1.82, 2.24) is 24.6 Å². The Balaban J connectivity index is 1.12. The van der Waals surface area contributed by atoms with Gasteiger partial charge in [0.05, 0.1) is 12.3 Å². The third kappa shape index (κ3) is 5.74. The third-order valence-corrected chi connectivity index (χ3v) is 7.47. The number of piperidine rings is 1. The summed E-state index contributed by atoms with van der Waals surface area (Å²) in [6, 6.07) is 13.5. The average Bonchev–Trinajstić information content (AvgIpc) is 3.57. The van der Waals surface area contributed by atoms with Gasteiger partial charge in [0, 0.05) is 62.0 Å². The van der Waals surface area contributed by atoms with Gasteiger partial charge < -0.3 is 14.5 Å². The number of nitrogens with zero attached hydrogens (tertiary/aromatic N) is 5. The van der Waals surface area contributed by atoms with Crippen molar-refractivity contribution in [2.75, 3.05) is 32.8 Å². The number of rotatable bonds is 7. The molecule has 1 aromatic carbocycles. The molecule has 8 nitrogen and oxygen atoms in total. The maximum absolute atomic E-state index is 13.0. The Morgan fingerprint density at radius 1 is 1.00 bits per heavy atom. The van der Waals surface area contributed by atoms with Crippen molar-refractivity contribution in [2.24, 2.45) is 5.41 Å². The minimum atomic E-state index is 0.0239. The van der Waals surface area contributed by atoms with Crippen LogP contribution in [0.1, 0.15) is 31.7 Å². The van der Waals surface area contributed by atoms with Gasteiger partial charge >= 0.3 is 0 Å². The zero-order valence-electron chi connectivity index (χ0n) is 21.3. The Morgan fingerprint density at radius 2 is 1.73 bits per heavy atom. The van der Waals surface area contributed by atoms with E-state index in [4.69, 9.17) is 4.74 Å². The van der Waals surface area contributed by atoms with E-state index in [0.29, 0.717) is 19.7 Å². The fraction of sp³-hybridized carbons (Fsp3) is 0.379. The summed E-state index contributed by atoms with van der Waals surface area (Å²) in [4.78, 5) is 33.8. The number of aromatic nitrogens is 3. The van der Waals surface area contributed by atoms with Crippen molar-refractivity contribution in [2.45, 2.75) is 32.7 Å². The molecule has 0 N–H and O–H groups in total. The van der Waals surface area contributed by atoms with E-state index in [2.05, 4.69) is 10.1 Å². The van der Waals surface area contributed by atoms with E-state index in [1.165, 1.54) is 0 Å². The van der Waals surface area contributed by atoms with Crippen molar-refractivity contribution in [3.63, 3.8) is 0 Å². The van der Waals surface area contributed by atoms with Crippen LogP contribution in [0.5, 0.6) is 5.75 Å². The van der Waals surface area contributed by atoms with E-state index in [0.717, 1.165) is 54.9 Å². The van der Waals surface area contributed by atoms with Gasteiger partial charge in [-0.25, -0.2) is 0 Å². The molecule has 0 aliphatic carbocycles. The summed E-state index contributed by atoms with van der Waals surface area (Å²) in [6.07, 6.45) is 11.6. The fourth-order valence-corrected chi connectivity index (χ4v) is 5.29. The molecule has 2 aliphatic heterocycles. The molecule has 0 atom stereocenters. The predicted molar refractivity (Wildman–Crippen MR) is 142 cm³/mol. The molecule has 4 heterocycles. The van der Waals surface area contributed by atoms with E-state index < -0.39 is 0 Å². The first-order valence-corrected chi connectivity index (χ1v) is 13.0. The fourth-order valence-electron chi connectivity index (χ4n) is 5.29. The Morgan fingerprint density at radius 3 is 2.49 bits per heavy atom. The van der Waals surface area contributed by atoms with Crippen molar-refractivity contribution in [3.05, 3.63) is 72.7 Å². The molecule has 37 heavy (non-hydrogen) atoms. The number of carbonyl (C=O) groups excluding carboxylic acids is 2. The predicted octanol–water partition coefficient (Wildman–Crippen LogP) is 3.90. The number of hydrogen-bond acceptors (Lipinski definition) is 5. The number of amides is 2. The Hall–Kier alpha value is -3.94. The van der Waals surface area contributed by atoms with E-state index in [-0.39, 0.29) is 23.8 Å². The van der Waals surface area contributed by atoms with Crippen LogP contribution in [0.15, 0.2) is 67.1 Å². The maximum Gasteiger partial charge on any atom is 0.246 e. The number of ether oxygens (including phenoxy) is 1. The lowest BCUT2D eigenvalue weighted by Gasteiger charge is -2.39. The second-order valence-corrected chi connectivity index (χ2v) is 9.83. The largest absolute Gasteiger partial charge is 0.493 e. The molecular weight excluding hydrogens is 466 g/mol. The molecule has 8 heteroatoms. The van der Waals surface area contributed by atoms with Crippen LogP contribution in [-0.4, -0.2) is 69.2 Å². The molecule has 2 amide bonds. The number of carbonyl (C=O) groups is 2. The van der Waals surface area contributed by atoms with Crippen LogP contribution in [0.3, 0.4) is 0 Å². The zero-order valence-corrected chi connectivity index (χ0v) is 21.3. The molecule has 192 valence electrons. The third-order valence-electron chi connectivity index (χ3n) is 7.47. The van der Waals surface area contributed by atoms with Crippen LogP contribution >= 0.6 is 0 Å². The second kappa shape index (κ2) is 11.0. The van der Waals surface area contributed by atoms with E-state index in [1.807, 2.05) is 71.5 Å². The highest BCUT2D eigenvalue weighted by molar-refractivity contribution is 5.92. The lowest BCUT2D eigenvalue weighted by molar-refractivity contribution is -0.132. The summed E-state index contributed by atoms with van der Waals surface area (Å²) in [6.45, 7) is 5.72. The van der Waals surface area contributed by atoms with Gasteiger partial charge in [0.1, 0.15) is 12.3 Å². The van der Waals surface area contributed by atoms with Gasteiger partial charge in [0.2, 0.25) is 11.8 Å². The van der Waals surface area contributed by atoms with Crippen LogP contribution in [0.25, 0.3) is 17.3 Å². The molecule has 3 aromatic rings. The minimum absolute atomic E-state index is 0.0239. The van der Waals surface area contributed by atoms with Gasteiger partial charge in [-0.15, -0.1) is 0 Å². The lowest BCUT2D eigenvalue weighted by atomic mass is 9.78. The SMILES string of the molecule is CCOc1ccccc1C=CC(=O)N1CCC2(CC1)CCN(C(=O)Cn1ccc(-c3ccncc3)n1)C2. The van der Waals surface area contributed by atoms with Crippen molar-refractivity contribution >= 4 is 17.9 Å². The molecule has 2 fully saturated rings. The monoisotopic (exact) mass is 499 g/mol. The molecule has 5 rings (SSSR count). The second-order valence-electron chi connectivity index (χ2n) is 9.83. The normalized spacial score (nSPS) is 17.0. The summed E-state index contributed by atoms with van der Waals surface area (Å²) in [5.41, 5.74) is 2.82. The molecule has 0 bridgehead atoms. The van der Waals surface area contributed by atoms with E-state index >= 15 is 0 Å². The van der Waals surface area contributed by atoms with Crippen LogP contribution in [0.2, 0.25) is 0 Å². The number of benzene rings is 1. The molecule has 2 saturated heterocycles. The number of pyridine rings is 1. The average molecular weight is 500 g/mol. The number of hydrogen-bond donors (Lipinski definition) is 0. The van der Waals surface area contributed by atoms with E-state index in [1.54, 1.807) is 23.2 Å². The standard InChI is InChI=1S/C29H33N5O3/c1-2-37-26-6-4-3-5-24(26)7-8-27(35)32-18-12-29(13-19-32)14-20-33(22-29)28(36)21-34-17-11-25(31-34)23-9-15-30-16-10-23/h3-11,15-17H,2,12-14,18-22H2,1H3. The minimum Gasteiger partial charge on any atom is -0.493 e. The van der Waals surface area contributed by atoms with E-state index in [9.17, 15) is 9.59 Å². The first-order chi connectivity index (χ1) is 18.0. The molecule has 1 spiro atoms. The van der Waals surface area contributed by atoms with Gasteiger partial charge in [-0.05, 0) is 61.9 Å². The summed E-state index contributed by atoms with van der Waals surface area (Å²) in [5, 5.41) is 4.56. The van der Waals surface area contributed by atoms with Gasteiger partial charge in [-0.2, -0.15) is 5.10 Å². The molecule has 2 aromatic heterocycles. The van der Waals surface area contributed by atoms with Crippen LogP contribution in [0.4, 0.5) is 0 Å². The van der Waals surface area contributed by atoms with Crippen molar-refractivity contribution in [3.8, 4) is 17.0 Å². The Kier molecular flexibility index (Phi) is 7.35. The quantitative estimate of drug-likeness (QED) is 0.461. The lowest BCUT2D eigenvalue weighted by Crippen LogP contribution is -2.44. The van der Waals surface area contributed by atoms with Crippen LogP contribution in [-0.2, 0) is 16.1 Å². The molecule has 2 aliphatic rings. The highest BCUT2D eigenvalue weighted by Crippen LogP contribution is 2.40. The topological polar surface area (TPSA) is 80.6 Å². The highest BCUT2D eigenvalue weighted by Gasteiger charge is 2.42.